The Kier molecular flexibility index (Phi) is 2.44. The van der Waals surface area contributed by atoms with Crippen molar-refractivity contribution in [2.75, 3.05) is 0 Å². The van der Waals surface area contributed by atoms with Crippen LogP contribution < -0.4 is 0 Å². The molecule has 1 aliphatic carbocycles. The zero-order valence-corrected chi connectivity index (χ0v) is 8.86. The molecule has 1 heterocycles. The summed E-state index contributed by atoms with van der Waals surface area (Å²) in [7, 11) is 0. The van der Waals surface area contributed by atoms with Gasteiger partial charge in [0.25, 0.3) is 0 Å². The molecule has 0 unspecified atom stereocenters. The molecule has 0 aromatic rings. The lowest BCUT2D eigenvalue weighted by atomic mass is 9.99. The molecule has 0 amide bonds. The van der Waals surface area contributed by atoms with E-state index in [0.717, 1.165) is 6.42 Å². The van der Waals surface area contributed by atoms with Gasteiger partial charge in [0.05, 0.1) is 0 Å². The number of rotatable bonds is 0. The fraction of sp³-hybridized carbons (Fsp3) is 0.300. The highest BCUT2D eigenvalue weighted by atomic mass is 127. The fourth-order valence-corrected chi connectivity index (χ4v) is 2.07. The van der Waals surface area contributed by atoms with Crippen molar-refractivity contribution in [3.8, 4) is 0 Å². The SMILES string of the molecule is IC1=C[C@H]2C=CN=C(C=C1)CC2. The maximum Gasteiger partial charge on any atom is 0.0404 e. The molecule has 1 aliphatic heterocycles. The van der Waals surface area contributed by atoms with Crippen molar-refractivity contribution >= 4 is 28.3 Å². The van der Waals surface area contributed by atoms with Crippen LogP contribution in [-0.2, 0) is 0 Å². The Morgan fingerprint density at radius 3 is 3.25 bits per heavy atom. The Balaban J connectivity index is 2.40. The van der Waals surface area contributed by atoms with Crippen LogP contribution >= 0.6 is 22.6 Å². The summed E-state index contributed by atoms with van der Waals surface area (Å²) in [5.41, 5.74) is 1.20. The van der Waals surface area contributed by atoms with Crippen LogP contribution in [0.2, 0.25) is 0 Å². The Hall–Kier alpha value is -0.380. The summed E-state index contributed by atoms with van der Waals surface area (Å²) in [6.07, 6.45) is 13.0. The molecule has 2 aliphatic rings. The zero-order valence-electron chi connectivity index (χ0n) is 6.70. The molecule has 2 heteroatoms. The number of fused-ring (bicyclic) bond motifs is 3. The first-order valence-corrected chi connectivity index (χ1v) is 5.21. The van der Waals surface area contributed by atoms with Gasteiger partial charge in [-0.25, -0.2) is 0 Å². The summed E-state index contributed by atoms with van der Waals surface area (Å²) in [5, 5.41) is 0. The Bertz CT molecular complexity index is 297. The Morgan fingerprint density at radius 2 is 2.33 bits per heavy atom. The maximum absolute atomic E-state index is 4.35. The van der Waals surface area contributed by atoms with E-state index in [2.05, 4.69) is 51.9 Å². The normalized spacial score (nSPS) is 27.2. The molecule has 2 rings (SSSR count). The van der Waals surface area contributed by atoms with Crippen molar-refractivity contribution < 1.29 is 0 Å². The number of halogens is 1. The van der Waals surface area contributed by atoms with E-state index in [4.69, 9.17) is 0 Å². The molecule has 0 spiro atoms. The van der Waals surface area contributed by atoms with Crippen LogP contribution in [0.5, 0.6) is 0 Å². The van der Waals surface area contributed by atoms with Gasteiger partial charge in [0.2, 0.25) is 0 Å². The van der Waals surface area contributed by atoms with Gasteiger partial charge in [0.15, 0.2) is 0 Å². The van der Waals surface area contributed by atoms with E-state index in [1.54, 1.807) is 0 Å². The van der Waals surface area contributed by atoms with Crippen molar-refractivity contribution in [3.05, 3.63) is 34.1 Å². The largest absolute Gasteiger partial charge is 0.262 e. The third kappa shape index (κ3) is 1.86. The van der Waals surface area contributed by atoms with E-state index < -0.39 is 0 Å². The second-order valence-electron chi connectivity index (χ2n) is 3.05. The van der Waals surface area contributed by atoms with Crippen molar-refractivity contribution in [2.24, 2.45) is 10.9 Å². The number of hydrogen-bond donors (Lipinski definition) is 0. The lowest BCUT2D eigenvalue weighted by Crippen LogP contribution is -1.99. The summed E-state index contributed by atoms with van der Waals surface area (Å²) in [5.74, 6) is 0.586. The monoisotopic (exact) mass is 271 g/mol. The highest BCUT2D eigenvalue weighted by Crippen LogP contribution is 2.22. The van der Waals surface area contributed by atoms with E-state index in [-0.39, 0.29) is 0 Å². The smallest absolute Gasteiger partial charge is 0.0404 e. The molecule has 1 atom stereocenters. The van der Waals surface area contributed by atoms with Crippen LogP contribution in [0.4, 0.5) is 0 Å². The van der Waals surface area contributed by atoms with Gasteiger partial charge in [-0.2, -0.15) is 0 Å². The van der Waals surface area contributed by atoms with Gasteiger partial charge in [-0.3, -0.25) is 4.99 Å². The standard InChI is InChI=1S/C10H10IN/c11-9-2-4-10-3-1-8(7-9)5-6-12-10/h2,4-8H,1,3H2/t8-/m1/s1. The molecule has 12 heavy (non-hydrogen) atoms. The van der Waals surface area contributed by atoms with E-state index in [1.807, 2.05) is 6.20 Å². The van der Waals surface area contributed by atoms with E-state index in [1.165, 1.54) is 15.7 Å². The number of hydrogen-bond acceptors (Lipinski definition) is 1. The molecule has 62 valence electrons. The Labute approximate surface area is 86.1 Å². The van der Waals surface area contributed by atoms with Gasteiger partial charge in [-0.1, -0.05) is 12.2 Å². The van der Waals surface area contributed by atoms with Gasteiger partial charge >= 0.3 is 0 Å². The van der Waals surface area contributed by atoms with Crippen molar-refractivity contribution in [1.82, 2.24) is 0 Å². The van der Waals surface area contributed by atoms with Crippen LogP contribution in [0, 0.1) is 5.92 Å². The molecule has 0 saturated carbocycles. The minimum Gasteiger partial charge on any atom is -0.262 e. The van der Waals surface area contributed by atoms with Crippen LogP contribution in [0.3, 0.4) is 0 Å². The molecule has 0 saturated heterocycles. The first-order valence-electron chi connectivity index (χ1n) is 4.13. The van der Waals surface area contributed by atoms with Crippen molar-refractivity contribution in [1.29, 1.82) is 0 Å². The lowest BCUT2D eigenvalue weighted by Gasteiger charge is -2.07. The average molecular weight is 271 g/mol. The predicted molar refractivity (Wildman–Crippen MR) is 60.5 cm³/mol. The molecular formula is C10H10IN. The highest BCUT2D eigenvalue weighted by molar-refractivity contribution is 14.1. The fourth-order valence-electron chi connectivity index (χ4n) is 1.43. The van der Waals surface area contributed by atoms with Crippen LogP contribution in [0.25, 0.3) is 0 Å². The third-order valence-electron chi connectivity index (χ3n) is 2.12. The lowest BCUT2D eigenvalue weighted by molar-refractivity contribution is 0.742. The average Bonchev–Trinajstić information content (AvgIpc) is 2.20. The molecule has 0 aromatic heterocycles. The molecular weight excluding hydrogens is 261 g/mol. The van der Waals surface area contributed by atoms with Gasteiger partial charge in [0.1, 0.15) is 0 Å². The van der Waals surface area contributed by atoms with E-state index in [9.17, 15) is 0 Å². The van der Waals surface area contributed by atoms with Crippen LogP contribution in [0.1, 0.15) is 12.8 Å². The highest BCUT2D eigenvalue weighted by Gasteiger charge is 2.09. The summed E-state index contributed by atoms with van der Waals surface area (Å²) in [6, 6.07) is 0. The predicted octanol–water partition coefficient (Wildman–Crippen LogP) is 3.24. The quantitative estimate of drug-likeness (QED) is 0.600. The first kappa shape index (κ1) is 8.23. The molecule has 2 bridgehead atoms. The summed E-state index contributed by atoms with van der Waals surface area (Å²) >= 11 is 2.36. The third-order valence-corrected chi connectivity index (χ3v) is 2.83. The molecule has 0 fully saturated rings. The van der Waals surface area contributed by atoms with Gasteiger partial charge in [0, 0.05) is 15.5 Å². The van der Waals surface area contributed by atoms with Crippen LogP contribution in [-0.4, -0.2) is 5.71 Å². The Morgan fingerprint density at radius 1 is 1.42 bits per heavy atom. The molecule has 0 radical (unpaired) electrons. The van der Waals surface area contributed by atoms with Gasteiger partial charge < -0.3 is 0 Å². The van der Waals surface area contributed by atoms with Crippen molar-refractivity contribution in [3.63, 3.8) is 0 Å². The van der Waals surface area contributed by atoms with Crippen LogP contribution in [0.15, 0.2) is 39.1 Å². The number of allylic oxidation sites excluding steroid dienone is 5. The topological polar surface area (TPSA) is 12.4 Å². The molecule has 0 aromatic carbocycles. The minimum atomic E-state index is 0.586. The summed E-state index contributed by atoms with van der Waals surface area (Å²) < 4.78 is 1.32. The summed E-state index contributed by atoms with van der Waals surface area (Å²) in [4.78, 5) is 4.35. The summed E-state index contributed by atoms with van der Waals surface area (Å²) in [6.45, 7) is 0. The second-order valence-corrected chi connectivity index (χ2v) is 4.30. The number of nitrogens with zero attached hydrogens (tertiary/aromatic N) is 1. The minimum absolute atomic E-state index is 0.586. The molecule has 1 nitrogen and oxygen atoms in total. The maximum atomic E-state index is 4.35. The van der Waals surface area contributed by atoms with Crippen molar-refractivity contribution in [2.45, 2.75) is 12.8 Å². The first-order chi connectivity index (χ1) is 5.84. The zero-order chi connectivity index (χ0) is 8.39. The second kappa shape index (κ2) is 3.56. The van der Waals surface area contributed by atoms with Gasteiger partial charge in [-0.15, -0.1) is 0 Å². The van der Waals surface area contributed by atoms with Gasteiger partial charge in [-0.05, 0) is 53.5 Å². The van der Waals surface area contributed by atoms with E-state index >= 15 is 0 Å². The molecule has 0 N–H and O–H groups in total. The number of aliphatic imine (C=N–C) groups is 1. The van der Waals surface area contributed by atoms with E-state index in [0.29, 0.717) is 5.92 Å².